The van der Waals surface area contributed by atoms with Crippen LogP contribution in [0.3, 0.4) is 0 Å². The minimum atomic E-state index is -0.0280. The fourth-order valence-corrected chi connectivity index (χ4v) is 3.97. The Hall–Kier alpha value is -3.18. The van der Waals surface area contributed by atoms with Gasteiger partial charge in [-0.05, 0) is 61.8 Å². The number of rotatable bonds is 11. The Bertz CT molecular complexity index is 1080. The minimum absolute atomic E-state index is 0.0257. The Morgan fingerprint density at radius 3 is 2.30 bits per heavy atom. The van der Waals surface area contributed by atoms with Gasteiger partial charge in [-0.15, -0.1) is 0 Å². The van der Waals surface area contributed by atoms with Crippen LogP contribution in [0, 0.1) is 13.8 Å². The van der Waals surface area contributed by atoms with Crippen LogP contribution in [0.5, 0.6) is 0 Å². The molecule has 0 saturated heterocycles. The number of hydrogen-bond acceptors (Lipinski definition) is 3. The number of ketones is 1. The maximum Gasteiger partial charge on any atom is 0.225 e. The number of carbonyl (C=O) groups is 2. The SMILES string of the molecule is CCN(CC)CCNC(=O)Cc1ccc(C(=O)c2ccc(C)c(C)c2)n1Cc1ccccc1. The van der Waals surface area contributed by atoms with Gasteiger partial charge in [-0.25, -0.2) is 0 Å². The van der Waals surface area contributed by atoms with E-state index in [4.69, 9.17) is 0 Å². The lowest BCUT2D eigenvalue weighted by Crippen LogP contribution is -2.35. The molecular formula is C28H35N3O2. The second-order valence-electron chi connectivity index (χ2n) is 8.46. The van der Waals surface area contributed by atoms with Gasteiger partial charge in [0.05, 0.1) is 12.1 Å². The summed E-state index contributed by atoms with van der Waals surface area (Å²) in [5.74, 6) is -0.0537. The molecule has 1 N–H and O–H groups in total. The fourth-order valence-electron chi connectivity index (χ4n) is 3.97. The van der Waals surface area contributed by atoms with Gasteiger partial charge in [-0.2, -0.15) is 0 Å². The highest BCUT2D eigenvalue weighted by atomic mass is 16.1. The van der Waals surface area contributed by atoms with Crippen molar-refractivity contribution in [1.82, 2.24) is 14.8 Å². The lowest BCUT2D eigenvalue weighted by atomic mass is 10.0. The zero-order chi connectivity index (χ0) is 23.8. The van der Waals surface area contributed by atoms with E-state index in [1.165, 1.54) is 0 Å². The van der Waals surface area contributed by atoms with Gasteiger partial charge in [-0.1, -0.05) is 56.3 Å². The summed E-state index contributed by atoms with van der Waals surface area (Å²) < 4.78 is 1.98. The molecule has 0 unspecified atom stereocenters. The van der Waals surface area contributed by atoms with Crippen molar-refractivity contribution in [2.75, 3.05) is 26.2 Å². The number of nitrogens with one attached hydrogen (secondary N) is 1. The van der Waals surface area contributed by atoms with Crippen LogP contribution < -0.4 is 5.32 Å². The monoisotopic (exact) mass is 445 g/mol. The maximum absolute atomic E-state index is 13.4. The molecular weight excluding hydrogens is 410 g/mol. The van der Waals surface area contributed by atoms with Crippen LogP contribution in [-0.2, 0) is 17.8 Å². The van der Waals surface area contributed by atoms with Crippen LogP contribution in [-0.4, -0.2) is 47.3 Å². The van der Waals surface area contributed by atoms with Gasteiger partial charge in [0.2, 0.25) is 11.7 Å². The van der Waals surface area contributed by atoms with Gasteiger partial charge in [-0.3, -0.25) is 9.59 Å². The van der Waals surface area contributed by atoms with E-state index < -0.39 is 0 Å². The fraction of sp³-hybridized carbons (Fsp3) is 0.357. The van der Waals surface area contributed by atoms with Gasteiger partial charge in [0.1, 0.15) is 0 Å². The average molecular weight is 446 g/mol. The van der Waals surface area contributed by atoms with Crippen LogP contribution in [0.1, 0.15) is 52.3 Å². The molecule has 0 atom stereocenters. The molecule has 3 aromatic rings. The summed E-state index contributed by atoms with van der Waals surface area (Å²) in [6, 6.07) is 19.6. The molecule has 0 fully saturated rings. The van der Waals surface area contributed by atoms with Crippen molar-refractivity contribution in [3.63, 3.8) is 0 Å². The molecule has 5 nitrogen and oxygen atoms in total. The quantitative estimate of drug-likeness (QED) is 0.446. The van der Waals surface area contributed by atoms with Crippen LogP contribution >= 0.6 is 0 Å². The van der Waals surface area contributed by atoms with Gasteiger partial charge in [0.25, 0.3) is 0 Å². The van der Waals surface area contributed by atoms with E-state index in [9.17, 15) is 9.59 Å². The summed E-state index contributed by atoms with van der Waals surface area (Å²) >= 11 is 0. The van der Waals surface area contributed by atoms with Crippen molar-refractivity contribution in [3.8, 4) is 0 Å². The van der Waals surface area contributed by atoms with E-state index in [0.29, 0.717) is 24.3 Å². The molecule has 0 saturated carbocycles. The zero-order valence-electron chi connectivity index (χ0n) is 20.2. The first-order valence-corrected chi connectivity index (χ1v) is 11.8. The predicted octanol–water partition coefficient (Wildman–Crippen LogP) is 4.38. The van der Waals surface area contributed by atoms with Crippen LogP contribution in [0.15, 0.2) is 60.7 Å². The van der Waals surface area contributed by atoms with Crippen molar-refractivity contribution >= 4 is 11.7 Å². The lowest BCUT2D eigenvalue weighted by Gasteiger charge is -2.18. The minimum Gasteiger partial charge on any atom is -0.354 e. The third-order valence-corrected chi connectivity index (χ3v) is 6.24. The van der Waals surface area contributed by atoms with E-state index in [0.717, 1.165) is 42.0 Å². The summed E-state index contributed by atoms with van der Waals surface area (Å²) in [5.41, 5.74) is 5.45. The Morgan fingerprint density at radius 1 is 0.909 bits per heavy atom. The Balaban J connectivity index is 1.83. The Labute approximate surface area is 197 Å². The van der Waals surface area contributed by atoms with Crippen molar-refractivity contribution in [1.29, 1.82) is 0 Å². The number of likely N-dealkylation sites (N-methyl/N-ethyl adjacent to an activating group) is 1. The first kappa shape index (κ1) is 24.5. The smallest absolute Gasteiger partial charge is 0.225 e. The molecule has 174 valence electrons. The normalized spacial score (nSPS) is 11.1. The Kier molecular flexibility index (Phi) is 8.61. The molecule has 1 aromatic heterocycles. The predicted molar refractivity (Wildman–Crippen MR) is 134 cm³/mol. The average Bonchev–Trinajstić information content (AvgIpc) is 3.20. The van der Waals surface area contributed by atoms with Crippen molar-refractivity contribution in [3.05, 3.63) is 94.3 Å². The van der Waals surface area contributed by atoms with Crippen LogP contribution in [0.2, 0.25) is 0 Å². The molecule has 1 heterocycles. The highest BCUT2D eigenvalue weighted by molar-refractivity contribution is 6.08. The Morgan fingerprint density at radius 2 is 1.64 bits per heavy atom. The number of aryl methyl sites for hydroxylation is 2. The summed E-state index contributed by atoms with van der Waals surface area (Å²) in [7, 11) is 0. The summed E-state index contributed by atoms with van der Waals surface area (Å²) in [6.45, 7) is 12.2. The molecule has 0 spiro atoms. The van der Waals surface area contributed by atoms with Crippen molar-refractivity contribution < 1.29 is 9.59 Å². The third-order valence-electron chi connectivity index (χ3n) is 6.24. The highest BCUT2D eigenvalue weighted by Gasteiger charge is 2.19. The van der Waals surface area contributed by atoms with E-state index in [-0.39, 0.29) is 18.1 Å². The zero-order valence-corrected chi connectivity index (χ0v) is 20.2. The lowest BCUT2D eigenvalue weighted by molar-refractivity contribution is -0.120. The number of benzene rings is 2. The van der Waals surface area contributed by atoms with Crippen molar-refractivity contribution in [2.24, 2.45) is 0 Å². The molecule has 0 bridgehead atoms. The molecule has 3 rings (SSSR count). The number of nitrogens with zero attached hydrogens (tertiary/aromatic N) is 2. The molecule has 2 aromatic carbocycles. The molecule has 0 radical (unpaired) electrons. The first-order chi connectivity index (χ1) is 15.9. The maximum atomic E-state index is 13.4. The van der Waals surface area contributed by atoms with E-state index in [1.54, 1.807) is 0 Å². The third kappa shape index (κ3) is 6.42. The first-order valence-electron chi connectivity index (χ1n) is 11.8. The number of carbonyl (C=O) groups excluding carboxylic acids is 2. The second-order valence-corrected chi connectivity index (χ2v) is 8.46. The summed E-state index contributed by atoms with van der Waals surface area (Å²) in [5, 5.41) is 3.03. The van der Waals surface area contributed by atoms with Gasteiger partial charge < -0.3 is 14.8 Å². The molecule has 0 aliphatic carbocycles. The number of aromatic nitrogens is 1. The second kappa shape index (κ2) is 11.6. The molecule has 0 aliphatic heterocycles. The van der Waals surface area contributed by atoms with Crippen molar-refractivity contribution in [2.45, 2.75) is 40.7 Å². The van der Waals surface area contributed by atoms with E-state index in [1.807, 2.05) is 79.1 Å². The highest BCUT2D eigenvalue weighted by Crippen LogP contribution is 2.19. The molecule has 0 aliphatic rings. The molecule has 5 heteroatoms. The number of hydrogen-bond donors (Lipinski definition) is 1. The largest absolute Gasteiger partial charge is 0.354 e. The van der Waals surface area contributed by atoms with Gasteiger partial charge >= 0.3 is 0 Å². The van der Waals surface area contributed by atoms with Gasteiger partial charge in [0, 0.05) is 30.9 Å². The standard InChI is InChI=1S/C28H35N3O2/c1-5-30(6-2)17-16-29-27(32)19-25-14-15-26(31(25)20-23-10-8-7-9-11-23)28(33)24-13-12-21(3)22(4)18-24/h7-15,18H,5-6,16-17,19-20H2,1-4H3,(H,29,32). The topological polar surface area (TPSA) is 54.3 Å². The van der Waals surface area contributed by atoms with Gasteiger partial charge in [0.15, 0.2) is 0 Å². The van der Waals surface area contributed by atoms with E-state index in [2.05, 4.69) is 24.1 Å². The summed E-state index contributed by atoms with van der Waals surface area (Å²) in [6.07, 6.45) is 0.241. The summed E-state index contributed by atoms with van der Waals surface area (Å²) in [4.78, 5) is 28.4. The molecule has 33 heavy (non-hydrogen) atoms. The van der Waals surface area contributed by atoms with Crippen LogP contribution in [0.4, 0.5) is 0 Å². The van der Waals surface area contributed by atoms with Crippen LogP contribution in [0.25, 0.3) is 0 Å². The number of amides is 1. The molecule has 1 amide bonds. The van der Waals surface area contributed by atoms with E-state index >= 15 is 0 Å².